The number of nitrogen functional groups attached to an aromatic ring is 1. The summed E-state index contributed by atoms with van der Waals surface area (Å²) in [6, 6.07) is 8.60. The highest BCUT2D eigenvalue weighted by Crippen LogP contribution is 2.17. The highest BCUT2D eigenvalue weighted by molar-refractivity contribution is 6.01. The van der Waals surface area contributed by atoms with Crippen molar-refractivity contribution in [3.8, 4) is 0 Å². The molecule has 0 aliphatic heterocycles. The van der Waals surface area contributed by atoms with Crippen LogP contribution in [0.3, 0.4) is 0 Å². The van der Waals surface area contributed by atoms with Crippen molar-refractivity contribution < 1.29 is 4.79 Å². The molecule has 3 rings (SSSR count). The maximum absolute atomic E-state index is 12.5. The number of hydrogen-bond donors (Lipinski definition) is 2. The lowest BCUT2D eigenvalue weighted by Crippen LogP contribution is -2.12. The van der Waals surface area contributed by atoms with Crippen LogP contribution in [0.5, 0.6) is 0 Å². The second-order valence-corrected chi connectivity index (χ2v) is 4.41. The van der Waals surface area contributed by atoms with Gasteiger partial charge >= 0.3 is 0 Å². The fourth-order valence-electron chi connectivity index (χ4n) is 2.05. The van der Waals surface area contributed by atoms with E-state index in [0.717, 1.165) is 5.52 Å². The molecule has 0 unspecified atom stereocenters. The van der Waals surface area contributed by atoms with Gasteiger partial charge in [-0.05, 0) is 30.3 Å². The summed E-state index contributed by atoms with van der Waals surface area (Å²) in [5.74, 6) is -0.172. The van der Waals surface area contributed by atoms with Gasteiger partial charge in [-0.2, -0.15) is 0 Å². The van der Waals surface area contributed by atoms with E-state index in [-0.39, 0.29) is 5.91 Å². The molecular formula is C14H13N5O. The third-order valence-corrected chi connectivity index (χ3v) is 3.06. The molecule has 4 N–H and O–H groups in total. The van der Waals surface area contributed by atoms with Crippen molar-refractivity contribution in [1.29, 1.82) is 0 Å². The minimum atomic E-state index is -0.172. The summed E-state index contributed by atoms with van der Waals surface area (Å²) in [4.78, 5) is 20.8. The van der Waals surface area contributed by atoms with E-state index in [1.165, 1.54) is 10.9 Å². The zero-order valence-electron chi connectivity index (χ0n) is 10.7. The van der Waals surface area contributed by atoms with Gasteiger partial charge in [-0.25, -0.2) is 4.98 Å². The Hall–Kier alpha value is -2.73. The van der Waals surface area contributed by atoms with Gasteiger partial charge in [0.2, 0.25) is 0 Å². The van der Waals surface area contributed by atoms with Crippen molar-refractivity contribution in [3.63, 3.8) is 0 Å². The van der Waals surface area contributed by atoms with Gasteiger partial charge in [-0.3, -0.25) is 14.3 Å². The van der Waals surface area contributed by atoms with Crippen LogP contribution < -0.4 is 11.5 Å². The fraction of sp³-hybridized carbons (Fsp3) is 0.0714. The molecular weight excluding hydrogens is 254 g/mol. The number of benzene rings is 1. The number of hydrogen-bond acceptors (Lipinski definition) is 5. The Balaban J connectivity index is 2.08. The number of imidazole rings is 1. The molecule has 0 amide bonds. The number of pyridine rings is 1. The summed E-state index contributed by atoms with van der Waals surface area (Å²) in [5, 5.41) is 0. The summed E-state index contributed by atoms with van der Waals surface area (Å²) < 4.78 is 1.49. The molecule has 0 bridgehead atoms. The van der Waals surface area contributed by atoms with Crippen LogP contribution >= 0.6 is 0 Å². The third kappa shape index (κ3) is 2.02. The maximum Gasteiger partial charge on any atom is 0.263 e. The number of nitrogens with two attached hydrogens (primary N) is 2. The first kappa shape index (κ1) is 12.3. The lowest BCUT2D eigenvalue weighted by Gasteiger charge is -2.04. The molecule has 20 heavy (non-hydrogen) atoms. The monoisotopic (exact) mass is 267 g/mol. The normalized spacial score (nSPS) is 10.8. The predicted octanol–water partition coefficient (Wildman–Crippen LogP) is 1.16. The van der Waals surface area contributed by atoms with Gasteiger partial charge < -0.3 is 11.5 Å². The standard InChI is InChI=1S/C14H13N5O/c15-7-11-5-9(3-4-17-11)14(20)19-8-18-12-6-10(16)1-2-13(12)19/h1-6,8H,7,15-16H2. The van der Waals surface area contributed by atoms with Crippen molar-refractivity contribution in [1.82, 2.24) is 14.5 Å². The first-order valence-corrected chi connectivity index (χ1v) is 6.11. The molecule has 2 heterocycles. The van der Waals surface area contributed by atoms with Crippen molar-refractivity contribution in [2.45, 2.75) is 6.54 Å². The van der Waals surface area contributed by atoms with Crippen molar-refractivity contribution in [2.75, 3.05) is 5.73 Å². The lowest BCUT2D eigenvalue weighted by atomic mass is 10.2. The summed E-state index contributed by atoms with van der Waals surface area (Å²) in [5.41, 5.74) is 14.5. The molecule has 1 aromatic carbocycles. The minimum Gasteiger partial charge on any atom is -0.399 e. The highest BCUT2D eigenvalue weighted by Gasteiger charge is 2.13. The van der Waals surface area contributed by atoms with E-state index in [2.05, 4.69) is 9.97 Å². The van der Waals surface area contributed by atoms with E-state index < -0.39 is 0 Å². The van der Waals surface area contributed by atoms with Crippen LogP contribution in [0.1, 0.15) is 16.1 Å². The van der Waals surface area contributed by atoms with Crippen molar-refractivity contribution in [2.24, 2.45) is 5.73 Å². The Labute approximate surface area is 115 Å². The number of carbonyl (C=O) groups excluding carboxylic acids is 1. The zero-order valence-corrected chi connectivity index (χ0v) is 10.7. The topological polar surface area (TPSA) is 99.8 Å². The van der Waals surface area contributed by atoms with Crippen molar-refractivity contribution >= 4 is 22.6 Å². The van der Waals surface area contributed by atoms with Crippen LogP contribution in [0.15, 0.2) is 42.9 Å². The smallest absolute Gasteiger partial charge is 0.263 e. The molecule has 2 aromatic heterocycles. The average Bonchev–Trinajstić information content (AvgIpc) is 2.89. The second-order valence-electron chi connectivity index (χ2n) is 4.41. The molecule has 0 atom stereocenters. The van der Waals surface area contributed by atoms with E-state index in [1.54, 1.807) is 36.5 Å². The van der Waals surface area contributed by atoms with Crippen LogP contribution in [0.4, 0.5) is 5.69 Å². The summed E-state index contributed by atoms with van der Waals surface area (Å²) in [7, 11) is 0. The predicted molar refractivity (Wildman–Crippen MR) is 76.0 cm³/mol. The maximum atomic E-state index is 12.5. The van der Waals surface area contributed by atoms with E-state index in [9.17, 15) is 4.79 Å². The second kappa shape index (κ2) is 4.75. The Morgan fingerprint density at radius 2 is 2.05 bits per heavy atom. The number of aromatic nitrogens is 3. The van der Waals surface area contributed by atoms with Gasteiger partial charge in [-0.1, -0.05) is 0 Å². The molecule has 0 radical (unpaired) electrons. The first-order chi connectivity index (χ1) is 9.69. The van der Waals surface area contributed by atoms with E-state index in [1.807, 2.05) is 0 Å². The van der Waals surface area contributed by atoms with E-state index in [0.29, 0.717) is 29.0 Å². The van der Waals surface area contributed by atoms with Crippen molar-refractivity contribution in [3.05, 3.63) is 54.1 Å². The van der Waals surface area contributed by atoms with Crippen LogP contribution in [0.2, 0.25) is 0 Å². The Morgan fingerprint density at radius 3 is 2.85 bits per heavy atom. The van der Waals surface area contributed by atoms with Gasteiger partial charge in [0.15, 0.2) is 0 Å². The molecule has 6 heteroatoms. The summed E-state index contributed by atoms with van der Waals surface area (Å²) >= 11 is 0. The number of carbonyl (C=O) groups is 1. The van der Waals surface area contributed by atoms with Gasteiger partial charge in [0, 0.05) is 24.0 Å². The van der Waals surface area contributed by atoms with Gasteiger partial charge in [0.1, 0.15) is 6.33 Å². The molecule has 6 nitrogen and oxygen atoms in total. The third-order valence-electron chi connectivity index (χ3n) is 3.06. The first-order valence-electron chi connectivity index (χ1n) is 6.11. The lowest BCUT2D eigenvalue weighted by molar-refractivity contribution is 0.0964. The molecule has 0 aliphatic rings. The quantitative estimate of drug-likeness (QED) is 0.679. The molecule has 0 saturated heterocycles. The summed E-state index contributed by atoms with van der Waals surface area (Å²) in [6.07, 6.45) is 3.07. The molecule has 0 spiro atoms. The molecule has 0 aliphatic carbocycles. The van der Waals surface area contributed by atoms with E-state index in [4.69, 9.17) is 11.5 Å². The largest absolute Gasteiger partial charge is 0.399 e. The van der Waals surface area contributed by atoms with Crippen LogP contribution in [-0.2, 0) is 6.54 Å². The number of fused-ring (bicyclic) bond motifs is 1. The number of anilines is 1. The Bertz CT molecular complexity index is 793. The fourth-order valence-corrected chi connectivity index (χ4v) is 2.05. The number of nitrogens with zero attached hydrogens (tertiary/aromatic N) is 3. The molecule has 100 valence electrons. The molecule has 3 aromatic rings. The van der Waals surface area contributed by atoms with Crippen LogP contribution in [0.25, 0.3) is 11.0 Å². The van der Waals surface area contributed by atoms with Crippen LogP contribution in [-0.4, -0.2) is 20.4 Å². The SMILES string of the molecule is NCc1cc(C(=O)n2cnc3cc(N)ccc32)ccn1. The molecule has 0 fully saturated rings. The number of rotatable bonds is 2. The van der Waals surface area contributed by atoms with Gasteiger partial charge in [0.05, 0.1) is 16.7 Å². The Kier molecular flexibility index (Phi) is 2.92. The molecule has 0 saturated carbocycles. The highest BCUT2D eigenvalue weighted by atomic mass is 16.2. The average molecular weight is 267 g/mol. The Morgan fingerprint density at radius 1 is 1.20 bits per heavy atom. The van der Waals surface area contributed by atoms with E-state index >= 15 is 0 Å². The van der Waals surface area contributed by atoms with Gasteiger partial charge in [0.25, 0.3) is 5.91 Å². The summed E-state index contributed by atoms with van der Waals surface area (Å²) in [6.45, 7) is 0.294. The van der Waals surface area contributed by atoms with Crippen LogP contribution in [0, 0.1) is 0 Å². The van der Waals surface area contributed by atoms with Gasteiger partial charge in [-0.15, -0.1) is 0 Å². The zero-order chi connectivity index (χ0) is 14.1. The minimum absolute atomic E-state index is 0.172.